The van der Waals surface area contributed by atoms with Gasteiger partial charge in [0.15, 0.2) is 0 Å². The van der Waals surface area contributed by atoms with E-state index in [2.05, 4.69) is 25.6 Å². The molecule has 0 unspecified atom stereocenters. The molecule has 2 rings (SSSR count). The van der Waals surface area contributed by atoms with Gasteiger partial charge in [0.05, 0.1) is 6.04 Å². The summed E-state index contributed by atoms with van der Waals surface area (Å²) in [6.07, 6.45) is -3.43. The fraction of sp³-hybridized carbons (Fsp3) is 0.333. The number of carbonyl (C=O) groups is 1. The van der Waals surface area contributed by atoms with Crippen LogP contribution in [0, 0.1) is 0 Å². The molecule has 1 N–H and O–H groups in total. The number of ether oxygens (including phenoxy) is 1. The molecule has 0 fully saturated rings. The summed E-state index contributed by atoms with van der Waals surface area (Å²) in [5, 5.41) is 13.0. The average molecular weight is 315 g/mol. The SMILES string of the molecule is C[C@@H](NC(=O)Cn1cnnn1)c1ccc(OC(F)(F)F)cc1. The minimum atomic E-state index is -4.73. The van der Waals surface area contributed by atoms with E-state index in [4.69, 9.17) is 0 Å². The Kier molecular flexibility index (Phi) is 4.59. The second-order valence-electron chi connectivity index (χ2n) is 4.41. The summed E-state index contributed by atoms with van der Waals surface area (Å²) in [5.41, 5.74) is 0.639. The molecule has 0 saturated carbocycles. The Morgan fingerprint density at radius 2 is 2.05 bits per heavy atom. The van der Waals surface area contributed by atoms with Gasteiger partial charge in [-0.15, -0.1) is 18.3 Å². The van der Waals surface area contributed by atoms with Crippen LogP contribution in [0.2, 0.25) is 0 Å². The molecule has 1 aromatic carbocycles. The van der Waals surface area contributed by atoms with Crippen molar-refractivity contribution in [3.8, 4) is 5.75 Å². The number of hydrogen-bond acceptors (Lipinski definition) is 5. The Morgan fingerprint density at radius 1 is 1.36 bits per heavy atom. The minimum Gasteiger partial charge on any atom is -0.406 e. The molecule has 10 heteroatoms. The van der Waals surface area contributed by atoms with Gasteiger partial charge in [-0.25, -0.2) is 4.68 Å². The van der Waals surface area contributed by atoms with Crippen molar-refractivity contribution in [1.82, 2.24) is 25.5 Å². The van der Waals surface area contributed by atoms with Crippen LogP contribution in [0.25, 0.3) is 0 Å². The number of aromatic nitrogens is 4. The van der Waals surface area contributed by atoms with Crippen molar-refractivity contribution in [2.45, 2.75) is 25.9 Å². The summed E-state index contributed by atoms with van der Waals surface area (Å²) in [6.45, 7) is 1.66. The number of tetrazole rings is 1. The van der Waals surface area contributed by atoms with E-state index in [-0.39, 0.29) is 24.2 Å². The fourth-order valence-electron chi connectivity index (χ4n) is 1.73. The fourth-order valence-corrected chi connectivity index (χ4v) is 1.73. The van der Waals surface area contributed by atoms with Crippen LogP contribution in [-0.4, -0.2) is 32.5 Å². The molecule has 118 valence electrons. The van der Waals surface area contributed by atoms with Gasteiger partial charge in [-0.05, 0) is 35.0 Å². The second kappa shape index (κ2) is 6.41. The van der Waals surface area contributed by atoms with E-state index in [1.54, 1.807) is 6.92 Å². The van der Waals surface area contributed by atoms with Crippen LogP contribution in [-0.2, 0) is 11.3 Å². The average Bonchev–Trinajstić information content (AvgIpc) is 2.90. The lowest BCUT2D eigenvalue weighted by atomic mass is 10.1. The predicted octanol–water partition coefficient (Wildman–Crippen LogP) is 1.45. The molecule has 1 aromatic heterocycles. The summed E-state index contributed by atoms with van der Waals surface area (Å²) >= 11 is 0. The molecule has 0 aliphatic rings. The Morgan fingerprint density at radius 3 is 2.59 bits per heavy atom. The van der Waals surface area contributed by atoms with Crippen molar-refractivity contribution in [2.24, 2.45) is 0 Å². The number of rotatable bonds is 5. The van der Waals surface area contributed by atoms with Gasteiger partial charge < -0.3 is 10.1 Å². The van der Waals surface area contributed by atoms with Crippen molar-refractivity contribution >= 4 is 5.91 Å². The molecule has 22 heavy (non-hydrogen) atoms. The zero-order valence-electron chi connectivity index (χ0n) is 11.4. The van der Waals surface area contributed by atoms with Crippen LogP contribution in [0.1, 0.15) is 18.5 Å². The highest BCUT2D eigenvalue weighted by Crippen LogP contribution is 2.24. The molecule has 0 spiro atoms. The van der Waals surface area contributed by atoms with Crippen LogP contribution in [0.4, 0.5) is 13.2 Å². The molecule has 1 amide bonds. The van der Waals surface area contributed by atoms with Gasteiger partial charge in [-0.2, -0.15) is 0 Å². The number of nitrogens with one attached hydrogen (secondary N) is 1. The summed E-state index contributed by atoms with van der Waals surface area (Å²) in [6, 6.07) is 4.88. The number of hydrogen-bond donors (Lipinski definition) is 1. The summed E-state index contributed by atoms with van der Waals surface area (Å²) in [5.74, 6) is -0.640. The van der Waals surface area contributed by atoms with Crippen molar-refractivity contribution < 1.29 is 22.7 Å². The lowest BCUT2D eigenvalue weighted by Crippen LogP contribution is -2.30. The van der Waals surface area contributed by atoms with Gasteiger partial charge in [-0.3, -0.25) is 4.79 Å². The Bertz CT molecular complexity index is 613. The number of amides is 1. The molecule has 0 aliphatic carbocycles. The molecule has 0 aliphatic heterocycles. The molecular formula is C12H12F3N5O2. The summed E-state index contributed by atoms with van der Waals surface area (Å²) in [7, 11) is 0. The van der Waals surface area contributed by atoms with Crippen LogP contribution < -0.4 is 10.1 Å². The first kappa shape index (κ1) is 15.7. The maximum Gasteiger partial charge on any atom is 0.573 e. The molecule has 0 radical (unpaired) electrons. The van der Waals surface area contributed by atoms with Crippen molar-refractivity contribution in [3.05, 3.63) is 36.2 Å². The number of alkyl halides is 3. The zero-order chi connectivity index (χ0) is 16.2. The van der Waals surface area contributed by atoms with Crippen LogP contribution >= 0.6 is 0 Å². The molecule has 0 saturated heterocycles. The third-order valence-electron chi connectivity index (χ3n) is 2.69. The van der Waals surface area contributed by atoms with E-state index >= 15 is 0 Å². The molecular weight excluding hydrogens is 303 g/mol. The lowest BCUT2D eigenvalue weighted by molar-refractivity contribution is -0.274. The maximum absolute atomic E-state index is 12.1. The van der Waals surface area contributed by atoms with E-state index in [0.29, 0.717) is 5.56 Å². The van der Waals surface area contributed by atoms with Gasteiger partial charge >= 0.3 is 6.36 Å². The van der Waals surface area contributed by atoms with Crippen molar-refractivity contribution in [1.29, 1.82) is 0 Å². The van der Waals surface area contributed by atoms with Crippen molar-refractivity contribution in [3.63, 3.8) is 0 Å². The zero-order valence-corrected chi connectivity index (χ0v) is 11.4. The standard InChI is InChI=1S/C12H12F3N5O2/c1-8(17-11(21)6-20-7-16-18-19-20)9-2-4-10(5-3-9)22-12(13,14)15/h2-5,7-8H,6H2,1H3,(H,17,21)/t8-/m1/s1. The van der Waals surface area contributed by atoms with E-state index in [1.807, 2.05) is 0 Å². The first-order chi connectivity index (χ1) is 10.3. The third-order valence-corrected chi connectivity index (χ3v) is 2.69. The predicted molar refractivity (Wildman–Crippen MR) is 67.5 cm³/mol. The van der Waals surface area contributed by atoms with Gasteiger partial charge in [0.1, 0.15) is 18.6 Å². The number of halogens is 3. The smallest absolute Gasteiger partial charge is 0.406 e. The normalized spacial score (nSPS) is 12.7. The molecule has 7 nitrogen and oxygen atoms in total. The van der Waals surface area contributed by atoms with Gasteiger partial charge in [0, 0.05) is 0 Å². The van der Waals surface area contributed by atoms with Crippen LogP contribution in [0.3, 0.4) is 0 Å². The quantitative estimate of drug-likeness (QED) is 0.903. The first-order valence-corrected chi connectivity index (χ1v) is 6.19. The third kappa shape index (κ3) is 4.72. The number of benzene rings is 1. The number of carbonyl (C=O) groups excluding carboxylic acids is 1. The lowest BCUT2D eigenvalue weighted by Gasteiger charge is -2.15. The van der Waals surface area contributed by atoms with E-state index in [9.17, 15) is 18.0 Å². The first-order valence-electron chi connectivity index (χ1n) is 6.19. The highest BCUT2D eigenvalue weighted by molar-refractivity contribution is 5.76. The van der Waals surface area contributed by atoms with E-state index in [1.165, 1.54) is 35.3 Å². The van der Waals surface area contributed by atoms with Gasteiger partial charge in [0.25, 0.3) is 0 Å². The molecule has 0 bridgehead atoms. The minimum absolute atomic E-state index is 0.0490. The highest BCUT2D eigenvalue weighted by atomic mass is 19.4. The maximum atomic E-state index is 12.1. The molecule has 2 aromatic rings. The Hall–Kier alpha value is -2.65. The van der Waals surface area contributed by atoms with Gasteiger partial charge in [0.2, 0.25) is 5.91 Å². The Balaban J connectivity index is 1.92. The topological polar surface area (TPSA) is 81.9 Å². The number of nitrogens with zero attached hydrogens (tertiary/aromatic N) is 4. The summed E-state index contributed by atoms with van der Waals surface area (Å²) in [4.78, 5) is 11.7. The largest absolute Gasteiger partial charge is 0.573 e. The molecule has 1 heterocycles. The monoisotopic (exact) mass is 315 g/mol. The van der Waals surface area contributed by atoms with Gasteiger partial charge in [-0.1, -0.05) is 12.1 Å². The van der Waals surface area contributed by atoms with Crippen LogP contribution in [0.5, 0.6) is 5.75 Å². The molecule has 1 atom stereocenters. The van der Waals surface area contributed by atoms with Crippen LogP contribution in [0.15, 0.2) is 30.6 Å². The summed E-state index contributed by atoms with van der Waals surface area (Å²) < 4.78 is 41.2. The Labute approximate surface area is 123 Å². The van der Waals surface area contributed by atoms with Crippen molar-refractivity contribution in [2.75, 3.05) is 0 Å². The van der Waals surface area contributed by atoms with E-state index < -0.39 is 6.36 Å². The highest BCUT2D eigenvalue weighted by Gasteiger charge is 2.31. The van der Waals surface area contributed by atoms with E-state index in [0.717, 1.165) is 0 Å². The second-order valence-corrected chi connectivity index (χ2v) is 4.41.